The van der Waals surface area contributed by atoms with Crippen LogP contribution >= 0.6 is 22.6 Å². The molecule has 0 bridgehead atoms. The minimum Gasteiger partial charge on any atom is -0.380 e. The summed E-state index contributed by atoms with van der Waals surface area (Å²) in [6, 6.07) is 9.10. The van der Waals surface area contributed by atoms with E-state index in [1.54, 1.807) is 7.11 Å². The Bertz CT molecular complexity index is 313. The molecule has 1 aromatic carbocycles. The van der Waals surface area contributed by atoms with E-state index in [1.165, 1.54) is 9.13 Å². The molecule has 0 spiro atoms. The molecule has 0 aliphatic rings. The normalized spacial score (nSPS) is 14.6. The standard InChI is InChI=1S/C14H22INO/c1-4-9-16-14(11(2)17-3)10-12-5-7-13(15)8-6-12/h5-8,11,14,16H,4,9-10H2,1-3H3. The molecule has 1 N–H and O–H groups in total. The van der Waals surface area contributed by atoms with Gasteiger partial charge in [0.1, 0.15) is 0 Å². The summed E-state index contributed by atoms with van der Waals surface area (Å²) in [5.74, 6) is 0. The van der Waals surface area contributed by atoms with Gasteiger partial charge in [-0.25, -0.2) is 0 Å². The molecule has 0 aliphatic carbocycles. The molecular formula is C14H22INO. The Morgan fingerprint density at radius 1 is 1.29 bits per heavy atom. The molecule has 0 saturated heterocycles. The van der Waals surface area contributed by atoms with Crippen LogP contribution in [0, 0.1) is 3.57 Å². The lowest BCUT2D eigenvalue weighted by Crippen LogP contribution is -2.41. The largest absolute Gasteiger partial charge is 0.380 e. The van der Waals surface area contributed by atoms with Gasteiger partial charge in [-0.2, -0.15) is 0 Å². The van der Waals surface area contributed by atoms with Crippen molar-refractivity contribution < 1.29 is 4.74 Å². The average Bonchev–Trinajstić information content (AvgIpc) is 2.36. The van der Waals surface area contributed by atoms with Crippen LogP contribution in [0.2, 0.25) is 0 Å². The van der Waals surface area contributed by atoms with Crippen molar-refractivity contribution in [3.05, 3.63) is 33.4 Å². The number of methoxy groups -OCH3 is 1. The topological polar surface area (TPSA) is 21.3 Å². The zero-order chi connectivity index (χ0) is 12.7. The van der Waals surface area contributed by atoms with E-state index >= 15 is 0 Å². The van der Waals surface area contributed by atoms with Gasteiger partial charge in [0.05, 0.1) is 6.10 Å². The van der Waals surface area contributed by atoms with Gasteiger partial charge in [0.25, 0.3) is 0 Å². The zero-order valence-corrected chi connectivity index (χ0v) is 13.0. The van der Waals surface area contributed by atoms with Crippen LogP contribution in [0.15, 0.2) is 24.3 Å². The molecule has 0 aliphatic heterocycles. The van der Waals surface area contributed by atoms with Crippen molar-refractivity contribution in [3.8, 4) is 0 Å². The highest BCUT2D eigenvalue weighted by molar-refractivity contribution is 14.1. The molecular weight excluding hydrogens is 325 g/mol. The van der Waals surface area contributed by atoms with Gasteiger partial charge < -0.3 is 10.1 Å². The number of hydrogen-bond donors (Lipinski definition) is 1. The summed E-state index contributed by atoms with van der Waals surface area (Å²) in [5, 5.41) is 3.56. The minimum atomic E-state index is 0.237. The third-order valence-electron chi connectivity index (χ3n) is 2.96. The van der Waals surface area contributed by atoms with Gasteiger partial charge >= 0.3 is 0 Å². The molecule has 1 aromatic rings. The quantitative estimate of drug-likeness (QED) is 0.765. The highest BCUT2D eigenvalue weighted by Gasteiger charge is 2.16. The van der Waals surface area contributed by atoms with Crippen LogP contribution < -0.4 is 5.32 Å². The van der Waals surface area contributed by atoms with Crippen LogP contribution in [0.3, 0.4) is 0 Å². The van der Waals surface area contributed by atoms with Gasteiger partial charge in [0.15, 0.2) is 0 Å². The highest BCUT2D eigenvalue weighted by atomic mass is 127. The van der Waals surface area contributed by atoms with E-state index in [0.717, 1.165) is 19.4 Å². The van der Waals surface area contributed by atoms with Crippen LogP contribution in [0.25, 0.3) is 0 Å². The summed E-state index contributed by atoms with van der Waals surface area (Å²) in [6.45, 7) is 5.36. The first kappa shape index (κ1) is 14.9. The summed E-state index contributed by atoms with van der Waals surface area (Å²) < 4.78 is 6.72. The molecule has 0 heterocycles. The Morgan fingerprint density at radius 3 is 2.47 bits per heavy atom. The molecule has 3 heteroatoms. The van der Waals surface area contributed by atoms with Gasteiger partial charge in [-0.05, 0) is 66.6 Å². The van der Waals surface area contributed by atoms with Gasteiger partial charge in [-0.3, -0.25) is 0 Å². The molecule has 0 aromatic heterocycles. The number of nitrogens with one attached hydrogen (secondary N) is 1. The fourth-order valence-electron chi connectivity index (χ4n) is 1.77. The Morgan fingerprint density at radius 2 is 1.94 bits per heavy atom. The Kier molecular flexibility index (Phi) is 7.08. The second kappa shape index (κ2) is 8.06. The first-order chi connectivity index (χ1) is 8.17. The summed E-state index contributed by atoms with van der Waals surface area (Å²) in [7, 11) is 1.78. The van der Waals surface area contributed by atoms with E-state index in [9.17, 15) is 0 Å². The molecule has 2 unspecified atom stereocenters. The monoisotopic (exact) mass is 347 g/mol. The SMILES string of the molecule is CCCNC(Cc1ccc(I)cc1)C(C)OC. The van der Waals surface area contributed by atoms with E-state index in [0.29, 0.717) is 6.04 Å². The molecule has 2 atom stereocenters. The lowest BCUT2D eigenvalue weighted by Gasteiger charge is -2.24. The average molecular weight is 347 g/mol. The third-order valence-corrected chi connectivity index (χ3v) is 3.68. The maximum absolute atomic E-state index is 5.44. The van der Waals surface area contributed by atoms with Crippen molar-refractivity contribution in [3.63, 3.8) is 0 Å². The van der Waals surface area contributed by atoms with Crippen molar-refractivity contribution in [2.24, 2.45) is 0 Å². The Labute approximate surface area is 118 Å². The number of ether oxygens (including phenoxy) is 1. The van der Waals surface area contributed by atoms with E-state index in [4.69, 9.17) is 4.74 Å². The summed E-state index contributed by atoms with van der Waals surface area (Å²) >= 11 is 2.33. The summed E-state index contributed by atoms with van der Waals surface area (Å²) in [4.78, 5) is 0. The van der Waals surface area contributed by atoms with Crippen molar-refractivity contribution in [1.29, 1.82) is 0 Å². The summed E-state index contributed by atoms with van der Waals surface area (Å²) in [6.07, 6.45) is 2.41. The Balaban J connectivity index is 2.61. The zero-order valence-electron chi connectivity index (χ0n) is 10.9. The lowest BCUT2D eigenvalue weighted by molar-refractivity contribution is 0.0831. The fraction of sp³-hybridized carbons (Fsp3) is 0.571. The molecule has 0 saturated carbocycles. The molecule has 96 valence electrons. The van der Waals surface area contributed by atoms with Crippen molar-refractivity contribution >= 4 is 22.6 Å². The van der Waals surface area contributed by atoms with Crippen molar-refractivity contribution in [2.75, 3.05) is 13.7 Å². The Hall–Kier alpha value is -0.130. The maximum atomic E-state index is 5.44. The van der Waals surface area contributed by atoms with Crippen molar-refractivity contribution in [2.45, 2.75) is 38.8 Å². The van der Waals surface area contributed by atoms with Gasteiger partial charge in [0.2, 0.25) is 0 Å². The number of halogens is 1. The molecule has 0 amide bonds. The molecule has 1 rings (SSSR count). The van der Waals surface area contributed by atoms with Crippen LogP contribution in [-0.2, 0) is 11.2 Å². The van der Waals surface area contributed by atoms with Crippen LogP contribution in [0.4, 0.5) is 0 Å². The van der Waals surface area contributed by atoms with Crippen LogP contribution in [0.5, 0.6) is 0 Å². The predicted molar refractivity (Wildman–Crippen MR) is 81.4 cm³/mol. The molecule has 17 heavy (non-hydrogen) atoms. The smallest absolute Gasteiger partial charge is 0.0699 e. The number of hydrogen-bond acceptors (Lipinski definition) is 2. The lowest BCUT2D eigenvalue weighted by atomic mass is 10.0. The third kappa shape index (κ3) is 5.36. The second-order valence-electron chi connectivity index (χ2n) is 4.33. The molecule has 0 radical (unpaired) electrons. The van der Waals surface area contributed by atoms with E-state index < -0.39 is 0 Å². The van der Waals surface area contributed by atoms with Crippen LogP contribution in [-0.4, -0.2) is 25.8 Å². The first-order valence-electron chi connectivity index (χ1n) is 6.18. The highest BCUT2D eigenvalue weighted by Crippen LogP contribution is 2.11. The van der Waals surface area contributed by atoms with E-state index in [2.05, 4.69) is 66.0 Å². The van der Waals surface area contributed by atoms with Crippen LogP contribution in [0.1, 0.15) is 25.8 Å². The van der Waals surface area contributed by atoms with E-state index in [-0.39, 0.29) is 6.10 Å². The molecule has 2 nitrogen and oxygen atoms in total. The predicted octanol–water partition coefficient (Wildman–Crippen LogP) is 3.24. The fourth-order valence-corrected chi connectivity index (χ4v) is 2.13. The van der Waals surface area contributed by atoms with E-state index in [1.807, 2.05) is 0 Å². The number of rotatable bonds is 7. The van der Waals surface area contributed by atoms with Crippen molar-refractivity contribution in [1.82, 2.24) is 5.32 Å². The van der Waals surface area contributed by atoms with Gasteiger partial charge in [-0.15, -0.1) is 0 Å². The summed E-state index contributed by atoms with van der Waals surface area (Å²) in [5.41, 5.74) is 1.36. The second-order valence-corrected chi connectivity index (χ2v) is 5.58. The molecule has 0 fully saturated rings. The maximum Gasteiger partial charge on any atom is 0.0699 e. The first-order valence-corrected chi connectivity index (χ1v) is 7.25. The van der Waals surface area contributed by atoms with Gasteiger partial charge in [0, 0.05) is 16.7 Å². The number of benzene rings is 1. The van der Waals surface area contributed by atoms with Gasteiger partial charge in [-0.1, -0.05) is 19.1 Å². The minimum absolute atomic E-state index is 0.237.